The Balaban J connectivity index is 2.77. The third-order valence-corrected chi connectivity index (χ3v) is 3.62. The van der Waals surface area contributed by atoms with Crippen LogP contribution in [0.4, 0.5) is 10.7 Å². The van der Waals surface area contributed by atoms with Gasteiger partial charge in [-0.25, -0.2) is 4.79 Å². The van der Waals surface area contributed by atoms with Crippen molar-refractivity contribution in [3.8, 4) is 0 Å². The Kier molecular flexibility index (Phi) is 5.28. The second-order valence-electron chi connectivity index (χ2n) is 3.77. The van der Waals surface area contributed by atoms with E-state index in [4.69, 9.17) is 10.5 Å². The zero-order chi connectivity index (χ0) is 12.8. The van der Waals surface area contributed by atoms with Crippen LogP contribution in [0.25, 0.3) is 0 Å². The van der Waals surface area contributed by atoms with Crippen molar-refractivity contribution >= 4 is 28.0 Å². The molecular formula is C12H20N2O2S. The second kappa shape index (κ2) is 6.49. The Bertz CT molecular complexity index is 373. The molecule has 4 nitrogen and oxygen atoms in total. The predicted molar refractivity (Wildman–Crippen MR) is 72.7 cm³/mol. The molecule has 5 heteroatoms. The minimum atomic E-state index is -0.340. The minimum absolute atomic E-state index is 0.340. The van der Waals surface area contributed by atoms with Crippen LogP contribution in [0.2, 0.25) is 0 Å². The average molecular weight is 256 g/mol. The van der Waals surface area contributed by atoms with Crippen molar-refractivity contribution in [1.29, 1.82) is 0 Å². The van der Waals surface area contributed by atoms with Crippen molar-refractivity contribution in [2.75, 3.05) is 17.7 Å². The lowest BCUT2D eigenvalue weighted by Gasteiger charge is -2.13. The monoisotopic (exact) mass is 256 g/mol. The maximum atomic E-state index is 11.6. The molecule has 0 saturated carbocycles. The van der Waals surface area contributed by atoms with Gasteiger partial charge in [0.05, 0.1) is 17.3 Å². The number of thiophene rings is 1. The van der Waals surface area contributed by atoms with Crippen LogP contribution < -0.4 is 11.1 Å². The Labute approximate surface area is 106 Å². The van der Waals surface area contributed by atoms with Gasteiger partial charge in [-0.15, -0.1) is 11.3 Å². The molecule has 1 heterocycles. The number of nitrogens with one attached hydrogen (secondary N) is 1. The molecule has 1 aromatic rings. The normalized spacial score (nSPS) is 10.6. The van der Waals surface area contributed by atoms with Crippen molar-refractivity contribution in [3.05, 3.63) is 10.9 Å². The van der Waals surface area contributed by atoms with Gasteiger partial charge in [-0.2, -0.15) is 0 Å². The molecule has 0 aliphatic rings. The van der Waals surface area contributed by atoms with Gasteiger partial charge < -0.3 is 15.8 Å². The Morgan fingerprint density at radius 3 is 2.65 bits per heavy atom. The van der Waals surface area contributed by atoms with Crippen LogP contribution in [0.15, 0.2) is 6.07 Å². The zero-order valence-corrected chi connectivity index (χ0v) is 11.4. The highest BCUT2D eigenvalue weighted by atomic mass is 32.1. The number of hydrogen-bond acceptors (Lipinski definition) is 5. The molecule has 0 unspecified atom stereocenters. The molecule has 0 aliphatic carbocycles. The molecule has 96 valence electrons. The number of esters is 1. The minimum Gasteiger partial charge on any atom is -0.462 e. The fraction of sp³-hybridized carbons (Fsp3) is 0.583. The maximum Gasteiger partial charge on any atom is 0.350 e. The van der Waals surface area contributed by atoms with Gasteiger partial charge in [-0.1, -0.05) is 13.8 Å². The van der Waals surface area contributed by atoms with Crippen molar-refractivity contribution in [2.24, 2.45) is 0 Å². The Morgan fingerprint density at radius 2 is 2.12 bits per heavy atom. The molecule has 0 aliphatic heterocycles. The largest absolute Gasteiger partial charge is 0.462 e. The molecule has 0 fully saturated rings. The summed E-state index contributed by atoms with van der Waals surface area (Å²) in [6, 6.07) is 2.22. The fourth-order valence-corrected chi connectivity index (χ4v) is 2.48. The van der Waals surface area contributed by atoms with Gasteiger partial charge in [0, 0.05) is 6.04 Å². The van der Waals surface area contributed by atoms with Crippen LogP contribution in [0, 0.1) is 0 Å². The number of carbonyl (C=O) groups excluding carboxylic acids is 1. The summed E-state index contributed by atoms with van der Waals surface area (Å²) >= 11 is 1.36. The van der Waals surface area contributed by atoms with Crippen LogP contribution >= 0.6 is 11.3 Å². The SMILES string of the molecule is CCOC(=O)c1sc(NC(CC)CC)cc1N. The van der Waals surface area contributed by atoms with Gasteiger partial charge >= 0.3 is 5.97 Å². The van der Waals surface area contributed by atoms with Gasteiger partial charge in [0.1, 0.15) is 4.88 Å². The summed E-state index contributed by atoms with van der Waals surface area (Å²) in [5.41, 5.74) is 6.29. The van der Waals surface area contributed by atoms with E-state index in [0.29, 0.717) is 23.2 Å². The third-order valence-electron chi connectivity index (χ3n) is 2.55. The standard InChI is InChI=1S/C12H20N2O2S/c1-4-8(5-2)14-10-7-9(13)11(17-10)12(15)16-6-3/h7-8,14H,4-6,13H2,1-3H3. The highest BCUT2D eigenvalue weighted by Gasteiger charge is 2.16. The van der Waals surface area contributed by atoms with Crippen LogP contribution in [0.5, 0.6) is 0 Å². The molecule has 0 spiro atoms. The topological polar surface area (TPSA) is 64.3 Å². The third kappa shape index (κ3) is 3.63. The lowest BCUT2D eigenvalue weighted by molar-refractivity contribution is 0.0533. The molecule has 1 aromatic heterocycles. The predicted octanol–water partition coefficient (Wildman–Crippen LogP) is 3.11. The maximum absolute atomic E-state index is 11.6. The first-order chi connectivity index (χ1) is 8.12. The summed E-state index contributed by atoms with van der Waals surface area (Å²) in [7, 11) is 0. The number of carbonyl (C=O) groups is 1. The van der Waals surface area contributed by atoms with Gasteiger partial charge in [0.25, 0.3) is 0 Å². The van der Waals surface area contributed by atoms with Gasteiger partial charge in [-0.3, -0.25) is 0 Å². The number of anilines is 2. The van der Waals surface area contributed by atoms with Crippen LogP contribution in [-0.2, 0) is 4.74 Å². The molecule has 3 N–H and O–H groups in total. The first-order valence-corrected chi connectivity index (χ1v) is 6.76. The van der Waals surface area contributed by atoms with E-state index in [0.717, 1.165) is 17.8 Å². The van der Waals surface area contributed by atoms with E-state index >= 15 is 0 Å². The quantitative estimate of drug-likeness (QED) is 0.768. The first-order valence-electron chi connectivity index (χ1n) is 5.95. The summed E-state index contributed by atoms with van der Waals surface area (Å²) in [5.74, 6) is -0.340. The lowest BCUT2D eigenvalue weighted by Crippen LogP contribution is -2.15. The fourth-order valence-electron chi connectivity index (χ4n) is 1.53. The zero-order valence-electron chi connectivity index (χ0n) is 10.6. The van der Waals surface area contributed by atoms with E-state index < -0.39 is 0 Å². The average Bonchev–Trinajstić information content (AvgIpc) is 2.67. The van der Waals surface area contributed by atoms with Crippen LogP contribution in [0.3, 0.4) is 0 Å². The highest BCUT2D eigenvalue weighted by molar-refractivity contribution is 7.18. The van der Waals surface area contributed by atoms with Crippen LogP contribution in [-0.4, -0.2) is 18.6 Å². The number of rotatable bonds is 6. The number of hydrogen-bond donors (Lipinski definition) is 2. The molecule has 0 bridgehead atoms. The van der Waals surface area contributed by atoms with Gasteiger partial charge in [0.15, 0.2) is 0 Å². The molecule has 0 radical (unpaired) electrons. The number of ether oxygens (including phenoxy) is 1. The summed E-state index contributed by atoms with van der Waals surface area (Å²) in [6.45, 7) is 6.41. The smallest absolute Gasteiger partial charge is 0.350 e. The van der Waals surface area contributed by atoms with Crippen molar-refractivity contribution in [1.82, 2.24) is 0 Å². The molecule has 0 saturated heterocycles. The second-order valence-corrected chi connectivity index (χ2v) is 4.83. The number of nitrogens with two attached hydrogens (primary N) is 1. The van der Waals surface area contributed by atoms with E-state index in [1.54, 1.807) is 13.0 Å². The van der Waals surface area contributed by atoms with E-state index in [1.165, 1.54) is 11.3 Å². The lowest BCUT2D eigenvalue weighted by atomic mass is 10.2. The van der Waals surface area contributed by atoms with Crippen LogP contribution in [0.1, 0.15) is 43.3 Å². The Morgan fingerprint density at radius 1 is 1.47 bits per heavy atom. The molecular weight excluding hydrogens is 236 g/mol. The van der Waals surface area contributed by atoms with E-state index in [1.807, 2.05) is 0 Å². The first kappa shape index (κ1) is 13.8. The Hall–Kier alpha value is -1.23. The molecule has 1 rings (SSSR count). The summed E-state index contributed by atoms with van der Waals surface area (Å²) in [5, 5.41) is 4.30. The summed E-state index contributed by atoms with van der Waals surface area (Å²) in [4.78, 5) is 12.1. The number of nitrogen functional groups attached to an aromatic ring is 1. The van der Waals surface area contributed by atoms with Gasteiger partial charge in [0.2, 0.25) is 0 Å². The summed E-state index contributed by atoms with van der Waals surface area (Å²) < 4.78 is 4.94. The van der Waals surface area contributed by atoms with Gasteiger partial charge in [-0.05, 0) is 25.8 Å². The summed E-state index contributed by atoms with van der Waals surface area (Å²) in [6.07, 6.45) is 2.09. The van der Waals surface area contributed by atoms with Crippen molar-refractivity contribution in [2.45, 2.75) is 39.7 Å². The van der Waals surface area contributed by atoms with E-state index in [-0.39, 0.29) is 5.97 Å². The van der Waals surface area contributed by atoms with E-state index in [2.05, 4.69) is 19.2 Å². The molecule has 0 atom stereocenters. The van der Waals surface area contributed by atoms with Crippen molar-refractivity contribution < 1.29 is 9.53 Å². The molecule has 17 heavy (non-hydrogen) atoms. The molecule has 0 amide bonds. The highest BCUT2D eigenvalue weighted by Crippen LogP contribution is 2.30. The van der Waals surface area contributed by atoms with E-state index in [9.17, 15) is 4.79 Å². The van der Waals surface area contributed by atoms with Crippen molar-refractivity contribution in [3.63, 3.8) is 0 Å². The molecule has 0 aromatic carbocycles.